The van der Waals surface area contributed by atoms with Crippen LogP contribution in [0.15, 0.2) is 0 Å². The SMILES string of the molecule is O=C(O)CC(CF)C1CCCCC1. The molecule has 0 aromatic carbocycles. The van der Waals surface area contributed by atoms with Gasteiger partial charge in [0.25, 0.3) is 0 Å². The number of carbonyl (C=O) groups is 1. The molecule has 0 aliphatic heterocycles. The number of hydrogen-bond acceptors (Lipinski definition) is 1. The second-order valence-electron chi connectivity index (χ2n) is 3.91. The first-order valence-electron chi connectivity index (χ1n) is 5.01. The van der Waals surface area contributed by atoms with Crippen molar-refractivity contribution in [1.29, 1.82) is 0 Å². The van der Waals surface area contributed by atoms with Crippen molar-refractivity contribution < 1.29 is 14.3 Å². The summed E-state index contributed by atoms with van der Waals surface area (Å²) in [6.45, 7) is -0.475. The van der Waals surface area contributed by atoms with Gasteiger partial charge < -0.3 is 5.11 Å². The van der Waals surface area contributed by atoms with Gasteiger partial charge in [-0.15, -0.1) is 0 Å². The lowest BCUT2D eigenvalue weighted by Crippen LogP contribution is -2.22. The highest BCUT2D eigenvalue weighted by Crippen LogP contribution is 2.31. The van der Waals surface area contributed by atoms with E-state index in [4.69, 9.17) is 5.11 Å². The molecular weight excluding hydrogens is 171 g/mol. The van der Waals surface area contributed by atoms with Gasteiger partial charge in [0.15, 0.2) is 0 Å². The average Bonchev–Trinajstić information content (AvgIpc) is 2.15. The van der Waals surface area contributed by atoms with Gasteiger partial charge in [-0.3, -0.25) is 9.18 Å². The van der Waals surface area contributed by atoms with Gasteiger partial charge in [-0.25, -0.2) is 0 Å². The number of carboxylic acids is 1. The first-order valence-corrected chi connectivity index (χ1v) is 5.01. The van der Waals surface area contributed by atoms with Crippen LogP contribution in [-0.4, -0.2) is 17.8 Å². The summed E-state index contributed by atoms with van der Waals surface area (Å²) in [6, 6.07) is 0. The van der Waals surface area contributed by atoms with Crippen LogP contribution in [0, 0.1) is 11.8 Å². The summed E-state index contributed by atoms with van der Waals surface area (Å²) < 4.78 is 12.5. The van der Waals surface area contributed by atoms with Gasteiger partial charge in [-0.1, -0.05) is 32.1 Å². The first-order chi connectivity index (χ1) is 6.24. The van der Waals surface area contributed by atoms with E-state index in [0.29, 0.717) is 5.92 Å². The molecule has 1 aliphatic carbocycles. The third-order valence-corrected chi connectivity index (χ3v) is 2.95. The predicted octanol–water partition coefficient (Wildman–Crippen LogP) is 2.63. The Kier molecular flexibility index (Phi) is 4.19. The Balaban J connectivity index is 2.39. The summed E-state index contributed by atoms with van der Waals surface area (Å²) in [7, 11) is 0. The van der Waals surface area contributed by atoms with Crippen molar-refractivity contribution in [3.05, 3.63) is 0 Å². The molecule has 0 amide bonds. The molecule has 0 aromatic rings. The third-order valence-electron chi connectivity index (χ3n) is 2.95. The van der Waals surface area contributed by atoms with Gasteiger partial charge in [0, 0.05) is 5.92 Å². The molecule has 1 aliphatic rings. The van der Waals surface area contributed by atoms with E-state index in [0.717, 1.165) is 25.7 Å². The molecule has 13 heavy (non-hydrogen) atoms. The molecule has 2 nitrogen and oxygen atoms in total. The van der Waals surface area contributed by atoms with E-state index in [1.54, 1.807) is 0 Å². The maximum atomic E-state index is 12.5. The Bertz CT molecular complexity index is 164. The maximum Gasteiger partial charge on any atom is 0.303 e. The fourth-order valence-electron chi connectivity index (χ4n) is 2.18. The van der Waals surface area contributed by atoms with Crippen LogP contribution in [0.4, 0.5) is 4.39 Å². The zero-order valence-corrected chi connectivity index (χ0v) is 7.84. The quantitative estimate of drug-likeness (QED) is 0.736. The van der Waals surface area contributed by atoms with E-state index in [-0.39, 0.29) is 12.3 Å². The van der Waals surface area contributed by atoms with Crippen LogP contribution < -0.4 is 0 Å². The van der Waals surface area contributed by atoms with E-state index in [1.165, 1.54) is 6.42 Å². The summed E-state index contributed by atoms with van der Waals surface area (Å²) in [5, 5.41) is 8.58. The summed E-state index contributed by atoms with van der Waals surface area (Å²) in [5.74, 6) is -0.791. The zero-order chi connectivity index (χ0) is 9.68. The molecule has 1 atom stereocenters. The second-order valence-corrected chi connectivity index (χ2v) is 3.91. The molecule has 0 heterocycles. The summed E-state index contributed by atoms with van der Waals surface area (Å²) in [6.07, 6.45) is 5.54. The molecule has 0 saturated heterocycles. The third kappa shape index (κ3) is 3.33. The molecule has 1 saturated carbocycles. The summed E-state index contributed by atoms with van der Waals surface area (Å²) in [4.78, 5) is 10.4. The number of alkyl halides is 1. The van der Waals surface area contributed by atoms with E-state index >= 15 is 0 Å². The topological polar surface area (TPSA) is 37.3 Å². The van der Waals surface area contributed by atoms with Gasteiger partial charge >= 0.3 is 5.97 Å². The van der Waals surface area contributed by atoms with Gasteiger partial charge in [0.1, 0.15) is 0 Å². The highest BCUT2D eigenvalue weighted by Gasteiger charge is 2.25. The monoisotopic (exact) mass is 188 g/mol. The molecule has 0 radical (unpaired) electrons. The van der Waals surface area contributed by atoms with Crippen molar-refractivity contribution in [3.8, 4) is 0 Å². The first kappa shape index (κ1) is 10.5. The van der Waals surface area contributed by atoms with Crippen molar-refractivity contribution in [3.63, 3.8) is 0 Å². The Morgan fingerprint density at radius 3 is 2.46 bits per heavy atom. The summed E-state index contributed by atoms with van der Waals surface area (Å²) in [5.41, 5.74) is 0. The lowest BCUT2D eigenvalue weighted by atomic mass is 9.79. The smallest absolute Gasteiger partial charge is 0.303 e. The van der Waals surface area contributed by atoms with Crippen molar-refractivity contribution in [2.75, 3.05) is 6.67 Å². The Morgan fingerprint density at radius 1 is 1.38 bits per heavy atom. The Hall–Kier alpha value is -0.600. The molecule has 76 valence electrons. The van der Waals surface area contributed by atoms with Crippen LogP contribution in [0.1, 0.15) is 38.5 Å². The van der Waals surface area contributed by atoms with E-state index < -0.39 is 12.6 Å². The second kappa shape index (κ2) is 5.20. The van der Waals surface area contributed by atoms with Gasteiger partial charge in [0.2, 0.25) is 0 Å². The molecule has 1 rings (SSSR count). The largest absolute Gasteiger partial charge is 0.481 e. The number of hydrogen-bond donors (Lipinski definition) is 1. The van der Waals surface area contributed by atoms with Crippen LogP contribution in [0.5, 0.6) is 0 Å². The molecule has 3 heteroatoms. The number of halogens is 1. The van der Waals surface area contributed by atoms with Crippen molar-refractivity contribution >= 4 is 5.97 Å². The zero-order valence-electron chi connectivity index (χ0n) is 7.84. The van der Waals surface area contributed by atoms with E-state index in [9.17, 15) is 9.18 Å². The highest BCUT2D eigenvalue weighted by molar-refractivity contribution is 5.67. The molecule has 0 aromatic heterocycles. The molecule has 1 N–H and O–H groups in total. The fraction of sp³-hybridized carbons (Fsp3) is 0.900. The minimum absolute atomic E-state index is 0.00116. The lowest BCUT2D eigenvalue weighted by molar-refractivity contribution is -0.138. The van der Waals surface area contributed by atoms with Crippen molar-refractivity contribution in [1.82, 2.24) is 0 Å². The highest BCUT2D eigenvalue weighted by atomic mass is 19.1. The molecular formula is C10H17FO2. The molecule has 1 fully saturated rings. The molecule has 1 unspecified atom stereocenters. The van der Waals surface area contributed by atoms with Crippen molar-refractivity contribution in [2.45, 2.75) is 38.5 Å². The molecule has 0 bridgehead atoms. The predicted molar refractivity (Wildman–Crippen MR) is 48.3 cm³/mol. The lowest BCUT2D eigenvalue weighted by Gasteiger charge is -2.27. The van der Waals surface area contributed by atoms with Crippen LogP contribution in [-0.2, 0) is 4.79 Å². The van der Waals surface area contributed by atoms with Gasteiger partial charge in [0.05, 0.1) is 13.1 Å². The minimum atomic E-state index is -0.867. The Morgan fingerprint density at radius 2 is 2.00 bits per heavy atom. The van der Waals surface area contributed by atoms with Crippen LogP contribution >= 0.6 is 0 Å². The Labute approximate surface area is 78.1 Å². The molecule has 0 spiro atoms. The fourth-order valence-corrected chi connectivity index (χ4v) is 2.18. The number of aliphatic carboxylic acids is 1. The van der Waals surface area contributed by atoms with Crippen LogP contribution in [0.25, 0.3) is 0 Å². The van der Waals surface area contributed by atoms with Crippen molar-refractivity contribution in [2.24, 2.45) is 11.8 Å². The van der Waals surface area contributed by atoms with Crippen LogP contribution in [0.3, 0.4) is 0 Å². The van der Waals surface area contributed by atoms with Crippen LogP contribution in [0.2, 0.25) is 0 Å². The van der Waals surface area contributed by atoms with E-state index in [1.807, 2.05) is 0 Å². The summed E-state index contributed by atoms with van der Waals surface area (Å²) >= 11 is 0. The normalized spacial score (nSPS) is 21.3. The van der Waals surface area contributed by atoms with Gasteiger partial charge in [-0.05, 0) is 5.92 Å². The van der Waals surface area contributed by atoms with E-state index in [2.05, 4.69) is 0 Å². The maximum absolute atomic E-state index is 12.5. The standard InChI is InChI=1S/C10H17FO2/c11-7-9(6-10(12)13)8-4-2-1-3-5-8/h8-9H,1-7H2,(H,12,13). The van der Waals surface area contributed by atoms with Gasteiger partial charge in [-0.2, -0.15) is 0 Å². The minimum Gasteiger partial charge on any atom is -0.481 e. The number of carboxylic acid groups (broad SMARTS) is 1. The average molecular weight is 188 g/mol. The number of rotatable bonds is 4.